The molecule has 2 aliphatic heterocycles. The first-order valence-corrected chi connectivity index (χ1v) is 17.3. The molecule has 2 fully saturated rings. The second-order valence-corrected chi connectivity index (χ2v) is 12.6. The Kier molecular flexibility index (Phi) is 12.0. The van der Waals surface area contributed by atoms with Gasteiger partial charge in [0.05, 0.1) is 61.9 Å². The molecule has 16 nitrogen and oxygen atoms in total. The number of esters is 4. The van der Waals surface area contributed by atoms with Gasteiger partial charge in [0.2, 0.25) is 0 Å². The number of carbonyl (C=O) groups excluding carboxylic acids is 4. The number of benzene rings is 4. The van der Waals surface area contributed by atoms with E-state index >= 15 is 0 Å². The smallest absolute Gasteiger partial charge is 0.343 e. The van der Waals surface area contributed by atoms with Gasteiger partial charge < -0.3 is 48.1 Å². The Morgan fingerprint density at radius 1 is 0.569 bits per heavy atom. The van der Waals surface area contributed by atoms with Crippen molar-refractivity contribution in [2.24, 2.45) is 0 Å². The van der Waals surface area contributed by atoms with Crippen LogP contribution >= 0.6 is 0 Å². The highest BCUT2D eigenvalue weighted by Gasteiger charge is 2.52. The second-order valence-electron chi connectivity index (χ2n) is 12.6. The number of methoxy groups -OCH3 is 2. The van der Waals surface area contributed by atoms with Crippen LogP contribution in [-0.2, 0) is 19.1 Å². The molecule has 2 N–H and O–H groups in total. The summed E-state index contributed by atoms with van der Waals surface area (Å²) in [5, 5.41) is 20.5. The summed E-state index contributed by atoms with van der Waals surface area (Å²) in [6.07, 6.45) is 0.251. The molecule has 4 aromatic rings. The minimum absolute atomic E-state index is 0.0734. The summed E-state index contributed by atoms with van der Waals surface area (Å²) in [5.74, 6) is -7.33. The SMILES string of the molecule is C=CC(=O)Oc1ccc(C(=O)Oc2ccc(C(=O)O)c([C@@H]3CO[C@@H]4[C@H]3OC[C@H]4c3c(C(=O)O)ccc(OC(=O)c4ccc(OC(=O)C=C)cc4)c3OC)c2OC)cc1. The predicted molar refractivity (Wildman–Crippen MR) is 199 cm³/mol. The second kappa shape index (κ2) is 17.2. The first-order valence-electron chi connectivity index (χ1n) is 17.3. The molecule has 2 saturated heterocycles. The third-order valence-corrected chi connectivity index (χ3v) is 9.34. The average Bonchev–Trinajstić information content (AvgIpc) is 3.83. The van der Waals surface area contributed by atoms with Crippen molar-refractivity contribution in [3.05, 3.63) is 131 Å². The number of ether oxygens (including phenoxy) is 8. The molecule has 0 saturated carbocycles. The minimum Gasteiger partial charge on any atom is -0.493 e. The lowest BCUT2D eigenvalue weighted by molar-refractivity contribution is -0.129. The van der Waals surface area contributed by atoms with Crippen LogP contribution in [0.4, 0.5) is 0 Å². The summed E-state index contributed by atoms with van der Waals surface area (Å²) in [7, 11) is 2.55. The van der Waals surface area contributed by atoms with Crippen molar-refractivity contribution in [3.63, 3.8) is 0 Å². The Labute approximate surface area is 329 Å². The lowest BCUT2D eigenvalue weighted by Crippen LogP contribution is -2.27. The maximum absolute atomic E-state index is 13.2. The maximum Gasteiger partial charge on any atom is 0.343 e. The van der Waals surface area contributed by atoms with Crippen LogP contribution in [0.5, 0.6) is 34.5 Å². The van der Waals surface area contributed by atoms with Crippen LogP contribution in [0, 0.1) is 0 Å². The van der Waals surface area contributed by atoms with E-state index in [0.717, 1.165) is 12.2 Å². The maximum atomic E-state index is 13.2. The number of carboxylic acid groups (broad SMARTS) is 2. The van der Waals surface area contributed by atoms with Gasteiger partial charge in [0, 0.05) is 35.1 Å². The van der Waals surface area contributed by atoms with E-state index in [4.69, 9.17) is 37.9 Å². The summed E-state index contributed by atoms with van der Waals surface area (Å²) in [5.41, 5.74) is 0.0103. The molecule has 6 rings (SSSR count). The van der Waals surface area contributed by atoms with Crippen molar-refractivity contribution in [2.45, 2.75) is 24.0 Å². The van der Waals surface area contributed by atoms with Crippen LogP contribution in [0.2, 0.25) is 0 Å². The number of carbonyl (C=O) groups is 6. The van der Waals surface area contributed by atoms with Crippen LogP contribution in [0.25, 0.3) is 0 Å². The molecule has 2 aliphatic rings. The summed E-state index contributed by atoms with van der Waals surface area (Å²) in [4.78, 5) is 74.6. The normalized spacial score (nSPS) is 17.9. The van der Waals surface area contributed by atoms with Gasteiger partial charge in [-0.25, -0.2) is 28.8 Å². The fourth-order valence-corrected chi connectivity index (χ4v) is 6.80. The number of hydrogen-bond donors (Lipinski definition) is 2. The van der Waals surface area contributed by atoms with Crippen LogP contribution in [0.15, 0.2) is 98.1 Å². The van der Waals surface area contributed by atoms with Crippen molar-refractivity contribution >= 4 is 35.8 Å². The van der Waals surface area contributed by atoms with E-state index in [2.05, 4.69) is 13.2 Å². The molecule has 0 unspecified atom stereocenters. The standard InChI is InChI=1S/C42H34O16/c1-5-31(43)55-23-11-7-21(8-12-23)41(49)57-29-17-15-25(39(45)46)33(37(29)51-3)27-19-53-36-28(20-54-35(27)36)34-26(40(47)48)16-18-30(38(34)52-4)58-42(50)22-9-13-24(14-10-22)56-32(44)6-2/h5-18,27-28,35-36H,1-2,19-20H2,3-4H3,(H,45,46)(H,47,48)/t27-,28-,35-,36-/m0/s1. The monoisotopic (exact) mass is 794 g/mol. The van der Waals surface area contributed by atoms with E-state index in [0.29, 0.717) is 0 Å². The van der Waals surface area contributed by atoms with E-state index < -0.39 is 59.9 Å². The topological polar surface area (TPSA) is 217 Å². The lowest BCUT2D eigenvalue weighted by atomic mass is 9.84. The van der Waals surface area contributed by atoms with E-state index in [-0.39, 0.29) is 81.1 Å². The molecular formula is C42H34O16. The van der Waals surface area contributed by atoms with Crippen molar-refractivity contribution in [1.82, 2.24) is 0 Å². The molecule has 0 aromatic heterocycles. The molecule has 0 bridgehead atoms. The first-order chi connectivity index (χ1) is 27.9. The highest BCUT2D eigenvalue weighted by molar-refractivity contribution is 5.95. The Hall–Kier alpha value is -7.30. The molecular weight excluding hydrogens is 760 g/mol. The molecule has 2 heterocycles. The van der Waals surface area contributed by atoms with Crippen LogP contribution in [0.3, 0.4) is 0 Å². The van der Waals surface area contributed by atoms with Gasteiger partial charge in [0.15, 0.2) is 23.0 Å². The highest BCUT2D eigenvalue weighted by Crippen LogP contribution is 2.51. The van der Waals surface area contributed by atoms with Crippen molar-refractivity contribution in [2.75, 3.05) is 27.4 Å². The van der Waals surface area contributed by atoms with E-state index in [1.165, 1.54) is 87.0 Å². The Morgan fingerprint density at radius 3 is 1.24 bits per heavy atom. The summed E-state index contributed by atoms with van der Waals surface area (Å²) < 4.78 is 45.2. The number of hydrogen-bond acceptors (Lipinski definition) is 14. The fourth-order valence-electron chi connectivity index (χ4n) is 6.80. The van der Waals surface area contributed by atoms with Gasteiger partial charge in [-0.3, -0.25) is 0 Å². The molecule has 0 aliphatic carbocycles. The van der Waals surface area contributed by atoms with Gasteiger partial charge in [-0.05, 0) is 72.8 Å². The van der Waals surface area contributed by atoms with Gasteiger partial charge in [-0.15, -0.1) is 0 Å². The van der Waals surface area contributed by atoms with E-state index in [1.807, 2.05) is 0 Å². The van der Waals surface area contributed by atoms with Gasteiger partial charge in [-0.2, -0.15) is 0 Å². The number of fused-ring (bicyclic) bond motifs is 1. The molecule has 4 atom stereocenters. The molecule has 4 aromatic carbocycles. The van der Waals surface area contributed by atoms with Gasteiger partial charge >= 0.3 is 35.8 Å². The zero-order valence-electron chi connectivity index (χ0n) is 30.8. The number of carboxylic acids is 2. The van der Waals surface area contributed by atoms with Crippen LogP contribution in [0.1, 0.15) is 64.4 Å². The van der Waals surface area contributed by atoms with Crippen molar-refractivity contribution in [3.8, 4) is 34.5 Å². The number of rotatable bonds is 14. The van der Waals surface area contributed by atoms with Gasteiger partial charge in [0.25, 0.3) is 0 Å². The van der Waals surface area contributed by atoms with Crippen molar-refractivity contribution in [1.29, 1.82) is 0 Å². The zero-order chi connectivity index (χ0) is 41.7. The Balaban J connectivity index is 1.29. The van der Waals surface area contributed by atoms with E-state index in [9.17, 15) is 39.0 Å². The third kappa shape index (κ3) is 8.14. The molecule has 0 amide bonds. The minimum atomic E-state index is -1.31. The van der Waals surface area contributed by atoms with Gasteiger partial charge in [-0.1, -0.05) is 13.2 Å². The van der Waals surface area contributed by atoms with E-state index in [1.54, 1.807) is 0 Å². The van der Waals surface area contributed by atoms with Crippen LogP contribution in [-0.4, -0.2) is 85.7 Å². The number of aromatic carboxylic acids is 2. The lowest BCUT2D eigenvalue weighted by Gasteiger charge is -2.23. The highest BCUT2D eigenvalue weighted by atomic mass is 16.6. The molecule has 58 heavy (non-hydrogen) atoms. The Bertz CT molecular complexity index is 2150. The summed E-state index contributed by atoms with van der Waals surface area (Å²) >= 11 is 0. The first kappa shape index (κ1) is 40.4. The quantitative estimate of drug-likeness (QED) is 0.0930. The molecule has 16 heteroatoms. The molecule has 0 spiro atoms. The fraction of sp³-hybridized carbons (Fsp3) is 0.190. The van der Waals surface area contributed by atoms with Crippen LogP contribution < -0.4 is 28.4 Å². The van der Waals surface area contributed by atoms with Gasteiger partial charge in [0.1, 0.15) is 11.5 Å². The molecule has 298 valence electrons. The average molecular weight is 795 g/mol. The summed E-state index contributed by atoms with van der Waals surface area (Å²) in [6.45, 7) is 6.45. The zero-order valence-corrected chi connectivity index (χ0v) is 30.8. The largest absolute Gasteiger partial charge is 0.493 e. The summed E-state index contributed by atoms with van der Waals surface area (Å²) in [6, 6.07) is 16.1. The Morgan fingerprint density at radius 2 is 0.931 bits per heavy atom. The van der Waals surface area contributed by atoms with Crippen molar-refractivity contribution < 1.29 is 76.9 Å². The predicted octanol–water partition coefficient (Wildman–Crippen LogP) is 5.39. The molecule has 0 radical (unpaired) electrons. The third-order valence-electron chi connectivity index (χ3n) is 9.34.